The van der Waals surface area contributed by atoms with Crippen LogP contribution in [0.25, 0.3) is 0 Å². The van der Waals surface area contributed by atoms with E-state index in [0.717, 1.165) is 12.8 Å². The molecule has 6 heteroatoms. The third kappa shape index (κ3) is 5.04. The lowest BCUT2D eigenvalue weighted by molar-refractivity contribution is -0.132. The number of amides is 3. The van der Waals surface area contributed by atoms with Crippen LogP contribution in [0.15, 0.2) is 17.5 Å². The van der Waals surface area contributed by atoms with Crippen LogP contribution in [-0.2, 0) is 11.2 Å². The first-order valence-electron chi connectivity index (χ1n) is 7.35. The molecule has 21 heavy (non-hydrogen) atoms. The number of hydrogen-bond acceptors (Lipinski definition) is 3. The maximum Gasteiger partial charge on any atom is 0.315 e. The van der Waals surface area contributed by atoms with Crippen molar-refractivity contribution in [3.8, 4) is 0 Å². The number of likely N-dealkylation sites (tertiary alicyclic amines) is 1. The van der Waals surface area contributed by atoms with Crippen molar-refractivity contribution in [2.45, 2.75) is 32.2 Å². The molecule has 0 aromatic carbocycles. The van der Waals surface area contributed by atoms with E-state index in [-0.39, 0.29) is 18.0 Å². The number of nitrogens with zero attached hydrogens (tertiary/aromatic N) is 1. The summed E-state index contributed by atoms with van der Waals surface area (Å²) in [5.74, 6) is 0.558. The molecule has 2 N–H and O–H groups in total. The van der Waals surface area contributed by atoms with E-state index in [1.807, 2.05) is 6.07 Å². The van der Waals surface area contributed by atoms with E-state index in [2.05, 4.69) is 29.0 Å². The van der Waals surface area contributed by atoms with Crippen LogP contribution >= 0.6 is 11.3 Å². The molecule has 0 radical (unpaired) electrons. The Hall–Kier alpha value is -1.56. The highest BCUT2D eigenvalue weighted by Crippen LogP contribution is 2.14. The number of carbonyl (C=O) groups excluding carboxylic acids is 2. The van der Waals surface area contributed by atoms with E-state index in [0.29, 0.717) is 25.4 Å². The van der Waals surface area contributed by atoms with Crippen molar-refractivity contribution in [1.29, 1.82) is 0 Å². The molecule has 2 atom stereocenters. The second-order valence-corrected chi connectivity index (χ2v) is 6.79. The molecule has 2 heterocycles. The van der Waals surface area contributed by atoms with Gasteiger partial charge in [0, 0.05) is 37.5 Å². The number of piperidine rings is 1. The number of rotatable bonds is 5. The monoisotopic (exact) mass is 309 g/mol. The summed E-state index contributed by atoms with van der Waals surface area (Å²) < 4.78 is 0. The molecule has 1 aliphatic heterocycles. The lowest BCUT2D eigenvalue weighted by Crippen LogP contribution is -2.51. The highest BCUT2D eigenvalue weighted by molar-refractivity contribution is 7.09. The van der Waals surface area contributed by atoms with E-state index >= 15 is 0 Å². The number of carbonyl (C=O) groups is 2. The molecule has 0 bridgehead atoms. The van der Waals surface area contributed by atoms with Gasteiger partial charge in [0.05, 0.1) is 0 Å². The molecule has 1 aliphatic rings. The fraction of sp³-hybridized carbons (Fsp3) is 0.600. The Kier molecular flexibility index (Phi) is 5.61. The van der Waals surface area contributed by atoms with E-state index in [4.69, 9.17) is 0 Å². The highest BCUT2D eigenvalue weighted by Gasteiger charge is 2.23. The van der Waals surface area contributed by atoms with Gasteiger partial charge in [0.1, 0.15) is 0 Å². The largest absolute Gasteiger partial charge is 0.344 e. The summed E-state index contributed by atoms with van der Waals surface area (Å²) in [7, 11) is 1.77. The molecule has 0 saturated carbocycles. The number of likely N-dealkylation sites (N-methyl/N-ethyl adjacent to an activating group) is 1. The van der Waals surface area contributed by atoms with Gasteiger partial charge < -0.3 is 15.5 Å². The highest BCUT2D eigenvalue weighted by atomic mass is 32.1. The Bertz CT molecular complexity index is 475. The van der Waals surface area contributed by atoms with Gasteiger partial charge in [-0.2, -0.15) is 0 Å². The molecule has 0 spiro atoms. The standard InChI is InChI=1S/C15H23N3O2S/c1-11(8-13-4-3-7-21-13)9-16-15(20)17-12-5-6-14(19)18(2)10-12/h3-4,7,11-12H,5-6,8-10H2,1-2H3,(H2,16,17,20)/t11-,12+/m0/s1. The third-order valence-corrected chi connectivity index (χ3v) is 4.60. The first-order valence-corrected chi connectivity index (χ1v) is 8.23. The summed E-state index contributed by atoms with van der Waals surface area (Å²) in [4.78, 5) is 26.3. The van der Waals surface area contributed by atoms with Gasteiger partial charge in [-0.3, -0.25) is 4.79 Å². The maximum atomic E-state index is 11.9. The van der Waals surface area contributed by atoms with Crippen LogP contribution in [0.1, 0.15) is 24.6 Å². The van der Waals surface area contributed by atoms with Crippen molar-refractivity contribution >= 4 is 23.3 Å². The molecule has 1 aromatic heterocycles. The minimum atomic E-state index is -0.138. The molecule has 1 fully saturated rings. The molecule has 0 unspecified atom stereocenters. The van der Waals surface area contributed by atoms with Gasteiger partial charge in [-0.15, -0.1) is 11.3 Å². The molecule has 0 aliphatic carbocycles. The third-order valence-electron chi connectivity index (χ3n) is 3.70. The summed E-state index contributed by atoms with van der Waals surface area (Å²) in [5.41, 5.74) is 0. The smallest absolute Gasteiger partial charge is 0.315 e. The van der Waals surface area contributed by atoms with Crippen LogP contribution in [0.4, 0.5) is 4.79 Å². The number of thiophene rings is 1. The van der Waals surface area contributed by atoms with E-state index in [1.165, 1.54) is 4.88 Å². The molecule has 3 amide bonds. The van der Waals surface area contributed by atoms with Crippen LogP contribution in [0.3, 0.4) is 0 Å². The fourth-order valence-corrected chi connectivity index (χ4v) is 3.35. The normalized spacial score (nSPS) is 20.2. The summed E-state index contributed by atoms with van der Waals surface area (Å²) in [6.45, 7) is 3.38. The molecule has 2 rings (SSSR count). The minimum absolute atomic E-state index is 0.0558. The zero-order chi connectivity index (χ0) is 15.2. The Morgan fingerprint density at radius 3 is 3.05 bits per heavy atom. The van der Waals surface area contributed by atoms with Crippen molar-refractivity contribution in [3.05, 3.63) is 22.4 Å². The minimum Gasteiger partial charge on any atom is -0.344 e. The van der Waals surface area contributed by atoms with Gasteiger partial charge in [-0.25, -0.2) is 4.79 Å². The van der Waals surface area contributed by atoms with Gasteiger partial charge in [0.15, 0.2) is 0 Å². The van der Waals surface area contributed by atoms with Crippen LogP contribution in [-0.4, -0.2) is 43.0 Å². The zero-order valence-corrected chi connectivity index (χ0v) is 13.4. The van der Waals surface area contributed by atoms with Crippen LogP contribution in [0.5, 0.6) is 0 Å². The topological polar surface area (TPSA) is 61.4 Å². The van der Waals surface area contributed by atoms with Crippen molar-refractivity contribution in [3.63, 3.8) is 0 Å². The second kappa shape index (κ2) is 7.45. The molecule has 116 valence electrons. The van der Waals surface area contributed by atoms with E-state index in [9.17, 15) is 9.59 Å². The van der Waals surface area contributed by atoms with Gasteiger partial charge >= 0.3 is 6.03 Å². The number of nitrogens with one attached hydrogen (secondary N) is 2. The van der Waals surface area contributed by atoms with Gasteiger partial charge in [0.25, 0.3) is 0 Å². The van der Waals surface area contributed by atoms with Crippen molar-refractivity contribution in [2.24, 2.45) is 5.92 Å². The first-order chi connectivity index (χ1) is 10.0. The zero-order valence-electron chi connectivity index (χ0n) is 12.6. The Morgan fingerprint density at radius 1 is 1.57 bits per heavy atom. The SMILES string of the molecule is C[C@H](CNC(=O)N[C@@H]1CCC(=O)N(C)C1)Cc1cccs1. The predicted molar refractivity (Wildman–Crippen MR) is 84.4 cm³/mol. The van der Waals surface area contributed by atoms with E-state index in [1.54, 1.807) is 23.3 Å². The van der Waals surface area contributed by atoms with Gasteiger partial charge in [0.2, 0.25) is 5.91 Å². The van der Waals surface area contributed by atoms with Crippen molar-refractivity contribution < 1.29 is 9.59 Å². The second-order valence-electron chi connectivity index (χ2n) is 5.75. The summed E-state index contributed by atoms with van der Waals surface area (Å²) in [5, 5.41) is 7.93. The average Bonchev–Trinajstić information content (AvgIpc) is 2.93. The summed E-state index contributed by atoms with van der Waals surface area (Å²) in [6.07, 6.45) is 2.22. The summed E-state index contributed by atoms with van der Waals surface area (Å²) >= 11 is 1.75. The average molecular weight is 309 g/mol. The van der Waals surface area contributed by atoms with Crippen molar-refractivity contribution in [1.82, 2.24) is 15.5 Å². The maximum absolute atomic E-state index is 11.9. The Morgan fingerprint density at radius 2 is 2.38 bits per heavy atom. The van der Waals surface area contributed by atoms with E-state index < -0.39 is 0 Å². The fourth-order valence-electron chi connectivity index (χ4n) is 2.48. The van der Waals surface area contributed by atoms with Crippen LogP contribution in [0, 0.1) is 5.92 Å². The molecule has 1 aromatic rings. The number of urea groups is 1. The molecule has 5 nitrogen and oxygen atoms in total. The van der Waals surface area contributed by atoms with Gasteiger partial charge in [-0.1, -0.05) is 13.0 Å². The van der Waals surface area contributed by atoms with Crippen molar-refractivity contribution in [2.75, 3.05) is 20.1 Å². The molecular weight excluding hydrogens is 286 g/mol. The quantitative estimate of drug-likeness (QED) is 0.872. The predicted octanol–water partition coefficient (Wildman–Crippen LogP) is 1.85. The first kappa shape index (κ1) is 15.8. The van der Waals surface area contributed by atoms with Gasteiger partial charge in [-0.05, 0) is 30.2 Å². The van der Waals surface area contributed by atoms with Crippen LogP contribution in [0.2, 0.25) is 0 Å². The summed E-state index contributed by atoms with van der Waals surface area (Å²) in [6, 6.07) is 4.09. The molecular formula is C15H23N3O2S. The lowest BCUT2D eigenvalue weighted by Gasteiger charge is -2.30. The molecule has 1 saturated heterocycles. The lowest BCUT2D eigenvalue weighted by atomic mass is 10.1. The number of hydrogen-bond donors (Lipinski definition) is 2. The Labute approximate surface area is 129 Å². The Balaban J connectivity index is 1.66. The van der Waals surface area contributed by atoms with Crippen LogP contribution < -0.4 is 10.6 Å².